The van der Waals surface area contributed by atoms with E-state index in [-0.39, 0.29) is 5.56 Å². The van der Waals surface area contributed by atoms with Gasteiger partial charge in [0, 0.05) is 21.5 Å². The highest BCUT2D eigenvalue weighted by atomic mass is 79.9. The van der Waals surface area contributed by atoms with Crippen molar-refractivity contribution in [2.24, 2.45) is 5.92 Å². The van der Waals surface area contributed by atoms with Crippen molar-refractivity contribution in [2.75, 3.05) is 0 Å². The van der Waals surface area contributed by atoms with E-state index in [1.165, 1.54) is 0 Å². The lowest BCUT2D eigenvalue weighted by Crippen LogP contribution is -2.21. The van der Waals surface area contributed by atoms with Gasteiger partial charge in [-0.1, -0.05) is 41.9 Å². The number of aromatic nitrogens is 2. The molecule has 0 atom stereocenters. The molecular formula is C18H19BrN2OS. The number of hydrogen-bond acceptors (Lipinski definition) is 3. The molecular weight excluding hydrogens is 372 g/mol. The highest BCUT2D eigenvalue weighted by Crippen LogP contribution is 2.35. The highest BCUT2D eigenvalue weighted by molar-refractivity contribution is 9.10. The Morgan fingerprint density at radius 2 is 1.96 bits per heavy atom. The zero-order chi connectivity index (χ0) is 16.6. The van der Waals surface area contributed by atoms with Gasteiger partial charge in [0.05, 0.1) is 11.7 Å². The van der Waals surface area contributed by atoms with Gasteiger partial charge < -0.3 is 0 Å². The largest absolute Gasteiger partial charge is 0.299 e. The van der Waals surface area contributed by atoms with Crippen LogP contribution in [0, 0.1) is 12.8 Å². The van der Waals surface area contributed by atoms with Crippen molar-refractivity contribution in [3.05, 3.63) is 50.3 Å². The van der Waals surface area contributed by atoms with E-state index in [1.807, 2.05) is 24.3 Å². The minimum absolute atomic E-state index is 0.0675. The second kappa shape index (κ2) is 6.57. The maximum Gasteiger partial charge on any atom is 0.262 e. The number of aryl methyl sites for hydroxylation is 2. The SMILES string of the molecule is Cc1sc2ncn(CCC(C)C)c(=O)c2c1-c1ccc(Br)cc1. The summed E-state index contributed by atoms with van der Waals surface area (Å²) in [4.78, 5) is 19.4. The quantitative estimate of drug-likeness (QED) is 0.610. The third kappa shape index (κ3) is 3.26. The van der Waals surface area contributed by atoms with E-state index >= 15 is 0 Å². The first-order chi connectivity index (χ1) is 11.0. The highest BCUT2D eigenvalue weighted by Gasteiger charge is 2.16. The van der Waals surface area contributed by atoms with Gasteiger partial charge in [0.25, 0.3) is 5.56 Å². The molecule has 0 saturated heterocycles. The van der Waals surface area contributed by atoms with Crippen molar-refractivity contribution in [1.82, 2.24) is 9.55 Å². The van der Waals surface area contributed by atoms with Crippen LogP contribution in [0.2, 0.25) is 0 Å². The van der Waals surface area contributed by atoms with Crippen LogP contribution in [0.1, 0.15) is 25.1 Å². The second-order valence-corrected chi connectivity index (χ2v) is 8.26. The Morgan fingerprint density at radius 1 is 1.26 bits per heavy atom. The van der Waals surface area contributed by atoms with E-state index in [9.17, 15) is 4.79 Å². The number of halogens is 1. The van der Waals surface area contributed by atoms with Gasteiger partial charge in [-0.25, -0.2) is 4.98 Å². The Hall–Kier alpha value is -1.46. The van der Waals surface area contributed by atoms with Gasteiger partial charge in [0.15, 0.2) is 0 Å². The van der Waals surface area contributed by atoms with Crippen LogP contribution in [0.3, 0.4) is 0 Å². The van der Waals surface area contributed by atoms with Gasteiger partial charge in [-0.05, 0) is 37.0 Å². The topological polar surface area (TPSA) is 34.9 Å². The van der Waals surface area contributed by atoms with Crippen molar-refractivity contribution >= 4 is 37.5 Å². The summed E-state index contributed by atoms with van der Waals surface area (Å²) in [6.45, 7) is 7.10. The predicted octanol–water partition coefficient (Wildman–Crippen LogP) is 5.24. The normalized spacial score (nSPS) is 11.5. The molecule has 0 saturated carbocycles. The first kappa shape index (κ1) is 16.4. The first-order valence-corrected chi connectivity index (χ1v) is 9.33. The molecule has 0 spiro atoms. The number of thiophene rings is 1. The lowest BCUT2D eigenvalue weighted by atomic mass is 10.0. The van der Waals surface area contributed by atoms with Crippen molar-refractivity contribution < 1.29 is 0 Å². The average Bonchev–Trinajstić information content (AvgIpc) is 2.84. The summed E-state index contributed by atoms with van der Waals surface area (Å²) < 4.78 is 2.78. The lowest BCUT2D eigenvalue weighted by Gasteiger charge is -2.08. The summed E-state index contributed by atoms with van der Waals surface area (Å²) in [5, 5.41) is 0.751. The maximum absolute atomic E-state index is 12.9. The molecule has 3 nitrogen and oxygen atoms in total. The van der Waals surface area contributed by atoms with Gasteiger partial charge in [0.2, 0.25) is 0 Å². The number of hydrogen-bond donors (Lipinski definition) is 0. The van der Waals surface area contributed by atoms with Crippen LogP contribution in [0.15, 0.2) is 39.9 Å². The molecule has 0 aliphatic rings. The van der Waals surface area contributed by atoms with Crippen LogP contribution in [0.4, 0.5) is 0 Å². The Balaban J connectivity index is 2.17. The van der Waals surface area contributed by atoms with E-state index in [4.69, 9.17) is 0 Å². The molecule has 3 aromatic rings. The van der Waals surface area contributed by atoms with Crippen LogP contribution in [-0.4, -0.2) is 9.55 Å². The smallest absolute Gasteiger partial charge is 0.262 e. The minimum Gasteiger partial charge on any atom is -0.299 e. The molecule has 3 rings (SSSR count). The summed E-state index contributed by atoms with van der Waals surface area (Å²) in [6, 6.07) is 8.10. The van der Waals surface area contributed by atoms with E-state index in [0.717, 1.165) is 37.1 Å². The summed E-state index contributed by atoms with van der Waals surface area (Å²) in [6.07, 6.45) is 2.66. The van der Waals surface area contributed by atoms with Crippen molar-refractivity contribution in [3.8, 4) is 11.1 Å². The zero-order valence-electron chi connectivity index (χ0n) is 13.5. The van der Waals surface area contributed by atoms with E-state index in [2.05, 4.69) is 41.7 Å². The molecule has 0 unspecified atom stereocenters. The molecule has 2 heterocycles. The van der Waals surface area contributed by atoms with E-state index < -0.39 is 0 Å². The van der Waals surface area contributed by atoms with Gasteiger partial charge in [-0.2, -0.15) is 0 Å². The second-order valence-electron chi connectivity index (χ2n) is 6.15. The predicted molar refractivity (Wildman–Crippen MR) is 101 cm³/mol. The Labute approximate surface area is 148 Å². The Morgan fingerprint density at radius 3 is 2.61 bits per heavy atom. The Bertz CT molecular complexity index is 894. The van der Waals surface area contributed by atoms with Crippen LogP contribution in [0.5, 0.6) is 0 Å². The molecule has 0 aliphatic heterocycles. The van der Waals surface area contributed by atoms with Crippen LogP contribution in [0.25, 0.3) is 21.3 Å². The lowest BCUT2D eigenvalue weighted by molar-refractivity contribution is 0.506. The molecule has 0 bridgehead atoms. The fourth-order valence-electron chi connectivity index (χ4n) is 2.66. The molecule has 1 aromatic carbocycles. The van der Waals surface area contributed by atoms with E-state index in [0.29, 0.717) is 12.5 Å². The van der Waals surface area contributed by atoms with Crippen molar-refractivity contribution in [1.29, 1.82) is 0 Å². The fraction of sp³-hybridized carbons (Fsp3) is 0.333. The van der Waals surface area contributed by atoms with Gasteiger partial charge >= 0.3 is 0 Å². The fourth-order valence-corrected chi connectivity index (χ4v) is 3.93. The molecule has 2 aromatic heterocycles. The van der Waals surface area contributed by atoms with Crippen LogP contribution in [-0.2, 0) is 6.54 Å². The third-order valence-electron chi connectivity index (χ3n) is 3.94. The van der Waals surface area contributed by atoms with Gasteiger partial charge in [0.1, 0.15) is 4.83 Å². The molecule has 120 valence electrons. The molecule has 0 amide bonds. The van der Waals surface area contributed by atoms with Gasteiger partial charge in [-0.15, -0.1) is 11.3 Å². The molecule has 5 heteroatoms. The maximum atomic E-state index is 12.9. The minimum atomic E-state index is 0.0675. The summed E-state index contributed by atoms with van der Waals surface area (Å²) in [7, 11) is 0. The number of fused-ring (bicyclic) bond motifs is 1. The monoisotopic (exact) mass is 390 g/mol. The molecule has 23 heavy (non-hydrogen) atoms. The number of rotatable bonds is 4. The first-order valence-electron chi connectivity index (χ1n) is 7.72. The summed E-state index contributed by atoms with van der Waals surface area (Å²) in [5.41, 5.74) is 2.16. The third-order valence-corrected chi connectivity index (χ3v) is 5.48. The van der Waals surface area contributed by atoms with E-state index in [1.54, 1.807) is 22.2 Å². The summed E-state index contributed by atoms with van der Waals surface area (Å²) >= 11 is 5.05. The Kier molecular flexibility index (Phi) is 4.69. The molecule has 0 N–H and O–H groups in total. The zero-order valence-corrected chi connectivity index (χ0v) is 15.9. The van der Waals surface area contributed by atoms with Crippen molar-refractivity contribution in [3.63, 3.8) is 0 Å². The molecule has 0 aliphatic carbocycles. The average molecular weight is 391 g/mol. The standard InChI is InChI=1S/C18H19BrN2OS/c1-11(2)8-9-21-10-20-17-16(18(21)22)15(12(3)23-17)13-4-6-14(19)7-5-13/h4-7,10-11H,8-9H2,1-3H3. The molecule has 0 fully saturated rings. The number of nitrogens with zero attached hydrogens (tertiary/aromatic N) is 2. The van der Waals surface area contributed by atoms with Gasteiger partial charge in [-0.3, -0.25) is 9.36 Å². The number of benzene rings is 1. The summed E-state index contributed by atoms with van der Waals surface area (Å²) in [5.74, 6) is 0.563. The van der Waals surface area contributed by atoms with Crippen LogP contribution < -0.4 is 5.56 Å². The molecule has 0 radical (unpaired) electrons. The van der Waals surface area contributed by atoms with Crippen LogP contribution >= 0.6 is 27.3 Å². The van der Waals surface area contributed by atoms with Crippen molar-refractivity contribution in [2.45, 2.75) is 33.7 Å².